The zero-order valence-corrected chi connectivity index (χ0v) is 8.90. The molecule has 0 aromatic rings. The van der Waals surface area contributed by atoms with E-state index in [1.165, 1.54) is 7.11 Å². The van der Waals surface area contributed by atoms with Crippen LogP contribution in [0.2, 0.25) is 0 Å². The molecule has 1 aliphatic heterocycles. The fourth-order valence-corrected chi connectivity index (χ4v) is 1.70. The first-order valence-corrected chi connectivity index (χ1v) is 5.11. The maximum absolute atomic E-state index is 9.46. The molecule has 0 saturated carbocycles. The van der Waals surface area contributed by atoms with E-state index in [1.807, 2.05) is 0 Å². The number of aliphatic hydroxyl groups excluding tert-OH is 1. The first kappa shape index (κ1) is 11.5. The Balaban J connectivity index is 2.56. The molecule has 0 aliphatic carbocycles. The van der Waals surface area contributed by atoms with Crippen LogP contribution in [0.1, 0.15) is 32.6 Å². The highest BCUT2D eigenvalue weighted by molar-refractivity contribution is 5.84. The summed E-state index contributed by atoms with van der Waals surface area (Å²) in [6, 6.07) is 0. The van der Waals surface area contributed by atoms with Gasteiger partial charge in [-0.05, 0) is 25.2 Å². The molecule has 82 valence electrons. The van der Waals surface area contributed by atoms with Gasteiger partial charge in [-0.25, -0.2) is 0 Å². The third-order valence-electron chi connectivity index (χ3n) is 2.37. The lowest BCUT2D eigenvalue weighted by molar-refractivity contribution is -0.0936. The summed E-state index contributed by atoms with van der Waals surface area (Å²) in [6.07, 6.45) is 2.72. The van der Waals surface area contributed by atoms with Crippen molar-refractivity contribution in [2.45, 2.75) is 38.9 Å². The van der Waals surface area contributed by atoms with E-state index in [0.717, 1.165) is 25.0 Å². The monoisotopic (exact) mass is 201 g/mol. The minimum Gasteiger partial charge on any atom is -0.399 e. The van der Waals surface area contributed by atoms with Gasteiger partial charge in [-0.1, -0.05) is 12.1 Å². The molecule has 4 nitrogen and oxygen atoms in total. The van der Waals surface area contributed by atoms with Gasteiger partial charge in [-0.3, -0.25) is 0 Å². The topological polar surface area (TPSA) is 51.0 Å². The number of nitrogens with zero attached hydrogens (tertiary/aromatic N) is 1. The SMILES string of the molecule is CON=C1CC(C)CCCOC(O)C1. The molecule has 0 amide bonds. The summed E-state index contributed by atoms with van der Waals surface area (Å²) in [7, 11) is 1.53. The Hall–Kier alpha value is -0.610. The van der Waals surface area contributed by atoms with Gasteiger partial charge in [0.2, 0.25) is 0 Å². The Morgan fingerprint density at radius 3 is 3.00 bits per heavy atom. The average molecular weight is 201 g/mol. The number of hydrogen-bond acceptors (Lipinski definition) is 4. The second-order valence-electron chi connectivity index (χ2n) is 3.82. The molecule has 4 heteroatoms. The van der Waals surface area contributed by atoms with Crippen LogP contribution in [0.3, 0.4) is 0 Å². The molecule has 1 rings (SSSR count). The standard InChI is InChI=1S/C10H19NO3/c1-8-4-3-5-14-10(12)7-9(6-8)11-13-2/h8,10,12H,3-7H2,1-2H3. The molecule has 0 aromatic carbocycles. The Morgan fingerprint density at radius 1 is 1.50 bits per heavy atom. The molecule has 0 radical (unpaired) electrons. The van der Waals surface area contributed by atoms with E-state index in [2.05, 4.69) is 12.1 Å². The highest BCUT2D eigenvalue weighted by Gasteiger charge is 2.16. The van der Waals surface area contributed by atoms with Gasteiger partial charge >= 0.3 is 0 Å². The summed E-state index contributed by atoms with van der Waals surface area (Å²) in [5.74, 6) is 0.581. The number of ether oxygens (including phenoxy) is 1. The molecule has 14 heavy (non-hydrogen) atoms. The van der Waals surface area contributed by atoms with Gasteiger partial charge in [0.25, 0.3) is 0 Å². The minimum atomic E-state index is -0.728. The van der Waals surface area contributed by atoms with E-state index in [4.69, 9.17) is 9.57 Å². The largest absolute Gasteiger partial charge is 0.399 e. The van der Waals surface area contributed by atoms with E-state index in [0.29, 0.717) is 18.9 Å². The van der Waals surface area contributed by atoms with E-state index in [-0.39, 0.29) is 0 Å². The molecular weight excluding hydrogens is 182 g/mol. The van der Waals surface area contributed by atoms with Crippen molar-refractivity contribution in [3.63, 3.8) is 0 Å². The van der Waals surface area contributed by atoms with Gasteiger partial charge in [-0.15, -0.1) is 0 Å². The van der Waals surface area contributed by atoms with Crippen LogP contribution in [-0.2, 0) is 9.57 Å². The lowest BCUT2D eigenvalue weighted by Crippen LogP contribution is -2.17. The Kier molecular flexibility index (Phi) is 4.90. The van der Waals surface area contributed by atoms with Gasteiger partial charge in [0.1, 0.15) is 7.11 Å². The van der Waals surface area contributed by atoms with E-state index in [1.54, 1.807) is 0 Å². The zero-order chi connectivity index (χ0) is 10.4. The molecule has 1 N–H and O–H groups in total. The predicted molar refractivity (Wildman–Crippen MR) is 54.0 cm³/mol. The Bertz CT molecular complexity index is 178. The maximum atomic E-state index is 9.46. The van der Waals surface area contributed by atoms with Crippen molar-refractivity contribution < 1.29 is 14.7 Å². The molecule has 1 saturated heterocycles. The number of aliphatic hydroxyl groups is 1. The summed E-state index contributed by atoms with van der Waals surface area (Å²) in [5, 5.41) is 13.4. The predicted octanol–water partition coefficient (Wildman–Crippen LogP) is 1.53. The lowest BCUT2D eigenvalue weighted by Gasteiger charge is -2.11. The maximum Gasteiger partial charge on any atom is 0.159 e. The molecule has 1 heterocycles. The van der Waals surface area contributed by atoms with Crippen molar-refractivity contribution in [3.8, 4) is 0 Å². The first-order valence-electron chi connectivity index (χ1n) is 5.11. The smallest absolute Gasteiger partial charge is 0.159 e. The van der Waals surface area contributed by atoms with Crippen molar-refractivity contribution >= 4 is 5.71 Å². The van der Waals surface area contributed by atoms with Gasteiger partial charge in [0.15, 0.2) is 6.29 Å². The number of hydrogen-bond donors (Lipinski definition) is 1. The molecular formula is C10H19NO3. The second kappa shape index (κ2) is 5.98. The van der Waals surface area contributed by atoms with E-state index in [9.17, 15) is 5.11 Å². The van der Waals surface area contributed by atoms with Gasteiger partial charge < -0.3 is 14.7 Å². The number of rotatable bonds is 1. The van der Waals surface area contributed by atoms with E-state index >= 15 is 0 Å². The summed E-state index contributed by atoms with van der Waals surface area (Å²) in [4.78, 5) is 4.74. The highest BCUT2D eigenvalue weighted by atomic mass is 16.6. The van der Waals surface area contributed by atoms with Crippen LogP contribution in [0.5, 0.6) is 0 Å². The second-order valence-corrected chi connectivity index (χ2v) is 3.82. The average Bonchev–Trinajstić information content (AvgIpc) is 2.18. The molecule has 1 aliphatic rings. The molecule has 2 atom stereocenters. The third-order valence-corrected chi connectivity index (χ3v) is 2.37. The molecule has 1 fully saturated rings. The van der Waals surface area contributed by atoms with Crippen LogP contribution in [0.15, 0.2) is 5.16 Å². The van der Waals surface area contributed by atoms with Crippen LogP contribution in [0.4, 0.5) is 0 Å². The van der Waals surface area contributed by atoms with E-state index < -0.39 is 6.29 Å². The normalized spacial score (nSPS) is 33.2. The summed E-state index contributed by atoms with van der Waals surface area (Å²) < 4.78 is 5.21. The fraction of sp³-hybridized carbons (Fsp3) is 0.900. The summed E-state index contributed by atoms with van der Waals surface area (Å²) in [6.45, 7) is 2.81. The molecule has 2 unspecified atom stereocenters. The Labute approximate surface area is 84.9 Å². The molecule has 0 bridgehead atoms. The van der Waals surface area contributed by atoms with Crippen LogP contribution in [-0.4, -0.2) is 30.8 Å². The lowest BCUT2D eigenvalue weighted by atomic mass is 9.98. The van der Waals surface area contributed by atoms with Crippen molar-refractivity contribution in [2.24, 2.45) is 11.1 Å². The first-order chi connectivity index (χ1) is 6.72. The Morgan fingerprint density at radius 2 is 2.29 bits per heavy atom. The van der Waals surface area contributed by atoms with Crippen LogP contribution >= 0.6 is 0 Å². The quantitative estimate of drug-likeness (QED) is 0.655. The minimum absolute atomic E-state index is 0.457. The molecule has 0 aromatic heterocycles. The van der Waals surface area contributed by atoms with Gasteiger partial charge in [0.05, 0.1) is 5.71 Å². The highest BCUT2D eigenvalue weighted by Crippen LogP contribution is 2.17. The van der Waals surface area contributed by atoms with Crippen LogP contribution in [0, 0.1) is 5.92 Å². The zero-order valence-electron chi connectivity index (χ0n) is 8.90. The fourth-order valence-electron chi connectivity index (χ4n) is 1.70. The van der Waals surface area contributed by atoms with Gasteiger partial charge in [-0.2, -0.15) is 0 Å². The van der Waals surface area contributed by atoms with Crippen LogP contribution < -0.4 is 0 Å². The van der Waals surface area contributed by atoms with Crippen molar-refractivity contribution in [1.29, 1.82) is 0 Å². The molecule has 0 spiro atoms. The summed E-state index contributed by atoms with van der Waals surface area (Å²) >= 11 is 0. The number of oxime groups is 1. The van der Waals surface area contributed by atoms with Gasteiger partial charge in [0, 0.05) is 13.0 Å². The van der Waals surface area contributed by atoms with Crippen molar-refractivity contribution in [2.75, 3.05) is 13.7 Å². The van der Waals surface area contributed by atoms with Crippen molar-refractivity contribution in [1.82, 2.24) is 0 Å². The van der Waals surface area contributed by atoms with Crippen molar-refractivity contribution in [3.05, 3.63) is 0 Å². The van der Waals surface area contributed by atoms with Crippen LogP contribution in [0.25, 0.3) is 0 Å². The third kappa shape index (κ3) is 4.07. The summed E-state index contributed by atoms with van der Waals surface area (Å²) in [5.41, 5.74) is 0.884.